The highest BCUT2D eigenvalue weighted by Gasteiger charge is 2.30. The van der Waals surface area contributed by atoms with Gasteiger partial charge in [-0.3, -0.25) is 9.59 Å². The molecule has 1 aromatic rings. The number of rotatable bonds is 2. The average Bonchev–Trinajstić information content (AvgIpc) is 2.34. The standard InChI is InChI=1S/C16H21NO2/c1-16(2,3)10-17-15(19)14-9-12(18)8-11-6-4-5-7-13(11)14/h4-7,14H,8-10H2,1-3H3,(H,17,19). The van der Waals surface area contributed by atoms with Crippen LogP contribution in [0.4, 0.5) is 0 Å². The summed E-state index contributed by atoms with van der Waals surface area (Å²) in [5, 5.41) is 2.96. The van der Waals surface area contributed by atoms with Crippen LogP contribution in [-0.2, 0) is 16.0 Å². The maximum atomic E-state index is 12.3. The molecular weight excluding hydrogens is 238 g/mol. The van der Waals surface area contributed by atoms with Gasteiger partial charge in [-0.1, -0.05) is 45.0 Å². The molecule has 0 aromatic heterocycles. The van der Waals surface area contributed by atoms with Crippen molar-refractivity contribution in [2.75, 3.05) is 6.54 Å². The van der Waals surface area contributed by atoms with Crippen LogP contribution in [0.2, 0.25) is 0 Å². The van der Waals surface area contributed by atoms with Gasteiger partial charge in [0.15, 0.2) is 0 Å². The summed E-state index contributed by atoms with van der Waals surface area (Å²) >= 11 is 0. The SMILES string of the molecule is CC(C)(C)CNC(=O)C1CC(=O)Cc2ccccc21. The molecule has 0 bridgehead atoms. The second kappa shape index (κ2) is 5.16. The van der Waals surface area contributed by atoms with E-state index in [1.807, 2.05) is 24.3 Å². The first-order valence-electron chi connectivity index (χ1n) is 6.74. The van der Waals surface area contributed by atoms with Gasteiger partial charge in [0.2, 0.25) is 5.91 Å². The minimum Gasteiger partial charge on any atom is -0.355 e. The summed E-state index contributed by atoms with van der Waals surface area (Å²) < 4.78 is 0. The Bertz CT molecular complexity index is 500. The van der Waals surface area contributed by atoms with Gasteiger partial charge in [-0.15, -0.1) is 0 Å². The van der Waals surface area contributed by atoms with E-state index in [4.69, 9.17) is 0 Å². The molecule has 0 aliphatic heterocycles. The maximum Gasteiger partial charge on any atom is 0.228 e. The molecule has 1 aliphatic rings. The largest absolute Gasteiger partial charge is 0.355 e. The number of carbonyl (C=O) groups is 2. The minimum atomic E-state index is -0.320. The third-order valence-electron chi connectivity index (χ3n) is 3.36. The van der Waals surface area contributed by atoms with E-state index in [2.05, 4.69) is 26.1 Å². The predicted molar refractivity (Wildman–Crippen MR) is 75.0 cm³/mol. The van der Waals surface area contributed by atoms with Crippen LogP contribution in [0.1, 0.15) is 44.2 Å². The zero-order valence-electron chi connectivity index (χ0n) is 11.8. The van der Waals surface area contributed by atoms with Crippen LogP contribution in [0.5, 0.6) is 0 Å². The minimum absolute atomic E-state index is 0.0320. The number of fused-ring (bicyclic) bond motifs is 1. The second-order valence-electron chi connectivity index (χ2n) is 6.45. The number of Topliss-reactive ketones (excluding diaryl/α,β-unsaturated/α-hetero) is 1. The molecule has 1 atom stereocenters. The fraction of sp³-hybridized carbons (Fsp3) is 0.500. The van der Waals surface area contributed by atoms with Crippen LogP contribution in [0, 0.1) is 5.41 Å². The normalized spacial score (nSPS) is 18.9. The van der Waals surface area contributed by atoms with Crippen molar-refractivity contribution in [1.29, 1.82) is 0 Å². The van der Waals surface area contributed by atoms with Gasteiger partial charge in [0.25, 0.3) is 0 Å². The first-order valence-corrected chi connectivity index (χ1v) is 6.74. The third-order valence-corrected chi connectivity index (χ3v) is 3.36. The number of nitrogens with one attached hydrogen (secondary N) is 1. The van der Waals surface area contributed by atoms with Gasteiger partial charge in [-0.05, 0) is 16.5 Å². The van der Waals surface area contributed by atoms with E-state index in [1.54, 1.807) is 0 Å². The number of hydrogen-bond acceptors (Lipinski definition) is 2. The monoisotopic (exact) mass is 259 g/mol. The molecule has 102 valence electrons. The lowest BCUT2D eigenvalue weighted by Gasteiger charge is -2.26. The zero-order valence-corrected chi connectivity index (χ0v) is 11.8. The molecule has 1 amide bonds. The fourth-order valence-electron chi connectivity index (χ4n) is 2.37. The Kier molecular flexibility index (Phi) is 3.74. The quantitative estimate of drug-likeness (QED) is 0.886. The van der Waals surface area contributed by atoms with Gasteiger partial charge < -0.3 is 5.32 Å². The molecular formula is C16H21NO2. The molecule has 1 aromatic carbocycles. The fourth-order valence-corrected chi connectivity index (χ4v) is 2.37. The van der Waals surface area contributed by atoms with Crippen molar-refractivity contribution in [2.45, 2.75) is 39.5 Å². The molecule has 2 rings (SSSR count). The molecule has 19 heavy (non-hydrogen) atoms. The molecule has 0 saturated heterocycles. The van der Waals surface area contributed by atoms with E-state index >= 15 is 0 Å². The second-order valence-corrected chi connectivity index (χ2v) is 6.45. The van der Waals surface area contributed by atoms with Crippen molar-refractivity contribution in [3.05, 3.63) is 35.4 Å². The molecule has 0 spiro atoms. The Labute approximate surface area is 114 Å². The Hall–Kier alpha value is -1.64. The smallest absolute Gasteiger partial charge is 0.228 e. The van der Waals surface area contributed by atoms with E-state index in [0.29, 0.717) is 19.4 Å². The number of hydrogen-bond donors (Lipinski definition) is 1. The van der Waals surface area contributed by atoms with E-state index < -0.39 is 0 Å². The van der Waals surface area contributed by atoms with Crippen molar-refractivity contribution >= 4 is 11.7 Å². The van der Waals surface area contributed by atoms with E-state index in [0.717, 1.165) is 11.1 Å². The Balaban J connectivity index is 2.16. The molecule has 3 nitrogen and oxygen atoms in total. The van der Waals surface area contributed by atoms with Crippen LogP contribution < -0.4 is 5.32 Å². The topological polar surface area (TPSA) is 46.2 Å². The van der Waals surface area contributed by atoms with Crippen LogP contribution in [0.15, 0.2) is 24.3 Å². The van der Waals surface area contributed by atoms with Crippen LogP contribution in [0.25, 0.3) is 0 Å². The molecule has 1 unspecified atom stereocenters. The van der Waals surface area contributed by atoms with Crippen molar-refractivity contribution in [3.63, 3.8) is 0 Å². The van der Waals surface area contributed by atoms with Gasteiger partial charge >= 0.3 is 0 Å². The van der Waals surface area contributed by atoms with Crippen molar-refractivity contribution < 1.29 is 9.59 Å². The highest BCUT2D eigenvalue weighted by Crippen LogP contribution is 2.30. The molecule has 0 fully saturated rings. The van der Waals surface area contributed by atoms with Gasteiger partial charge in [0.1, 0.15) is 5.78 Å². The lowest BCUT2D eigenvalue weighted by molar-refractivity contribution is -0.127. The van der Waals surface area contributed by atoms with Crippen molar-refractivity contribution in [2.24, 2.45) is 5.41 Å². The average molecular weight is 259 g/mol. The van der Waals surface area contributed by atoms with Crippen LogP contribution >= 0.6 is 0 Å². The highest BCUT2D eigenvalue weighted by molar-refractivity contribution is 5.94. The van der Waals surface area contributed by atoms with Crippen molar-refractivity contribution in [1.82, 2.24) is 5.32 Å². The third kappa shape index (κ3) is 3.43. The first-order chi connectivity index (χ1) is 8.87. The van der Waals surface area contributed by atoms with Gasteiger partial charge in [0, 0.05) is 19.4 Å². The van der Waals surface area contributed by atoms with Gasteiger partial charge in [-0.25, -0.2) is 0 Å². The molecule has 3 heteroatoms. The Morgan fingerprint density at radius 2 is 2.00 bits per heavy atom. The first kappa shape index (κ1) is 13.8. The highest BCUT2D eigenvalue weighted by atomic mass is 16.2. The lowest BCUT2D eigenvalue weighted by Crippen LogP contribution is -2.38. The Morgan fingerprint density at radius 1 is 1.32 bits per heavy atom. The molecule has 0 radical (unpaired) electrons. The van der Waals surface area contributed by atoms with E-state index in [-0.39, 0.29) is 23.0 Å². The number of benzene rings is 1. The number of ketones is 1. The summed E-state index contributed by atoms with van der Waals surface area (Å²) in [6, 6.07) is 7.75. The Morgan fingerprint density at radius 3 is 2.68 bits per heavy atom. The van der Waals surface area contributed by atoms with Crippen molar-refractivity contribution in [3.8, 4) is 0 Å². The number of carbonyl (C=O) groups excluding carboxylic acids is 2. The zero-order chi connectivity index (χ0) is 14.0. The summed E-state index contributed by atoms with van der Waals surface area (Å²) in [5.41, 5.74) is 2.05. The van der Waals surface area contributed by atoms with Gasteiger partial charge in [-0.2, -0.15) is 0 Å². The molecule has 1 N–H and O–H groups in total. The van der Waals surface area contributed by atoms with Crippen LogP contribution in [0.3, 0.4) is 0 Å². The van der Waals surface area contributed by atoms with E-state index in [1.165, 1.54) is 0 Å². The summed E-state index contributed by atoms with van der Waals surface area (Å²) in [4.78, 5) is 24.1. The lowest BCUT2D eigenvalue weighted by atomic mass is 9.81. The molecule has 1 aliphatic carbocycles. The van der Waals surface area contributed by atoms with E-state index in [9.17, 15) is 9.59 Å². The predicted octanol–water partition coefficient (Wildman–Crippen LogP) is 2.45. The van der Waals surface area contributed by atoms with Crippen LogP contribution in [-0.4, -0.2) is 18.2 Å². The summed E-state index contributed by atoms with van der Waals surface area (Å²) in [5.74, 6) is -0.204. The molecule has 0 saturated carbocycles. The maximum absolute atomic E-state index is 12.3. The molecule has 0 heterocycles. The summed E-state index contributed by atoms with van der Waals surface area (Å²) in [6.07, 6.45) is 0.784. The van der Waals surface area contributed by atoms with Gasteiger partial charge in [0.05, 0.1) is 5.92 Å². The summed E-state index contributed by atoms with van der Waals surface area (Å²) in [7, 11) is 0. The number of amides is 1. The summed E-state index contributed by atoms with van der Waals surface area (Å²) in [6.45, 7) is 6.85.